The number of halogens is 2. The van der Waals surface area contributed by atoms with Gasteiger partial charge >= 0.3 is 0 Å². The number of benzene rings is 2. The molecule has 0 spiro atoms. The van der Waals surface area contributed by atoms with E-state index in [0.29, 0.717) is 29.0 Å². The summed E-state index contributed by atoms with van der Waals surface area (Å²) >= 11 is 6.10. The number of hydrogen-bond donors (Lipinski definition) is 1. The highest BCUT2D eigenvalue weighted by atomic mass is 35.5. The molecule has 1 atom stereocenters. The third-order valence-electron chi connectivity index (χ3n) is 5.75. The van der Waals surface area contributed by atoms with Crippen molar-refractivity contribution in [3.63, 3.8) is 0 Å². The Kier molecular flexibility index (Phi) is 7.08. The van der Waals surface area contributed by atoms with Crippen LogP contribution >= 0.6 is 11.6 Å². The molecule has 3 nitrogen and oxygen atoms in total. The van der Waals surface area contributed by atoms with Crippen LogP contribution in [0.4, 0.5) is 4.39 Å². The molecule has 1 unspecified atom stereocenters. The van der Waals surface area contributed by atoms with E-state index in [4.69, 9.17) is 11.6 Å². The highest BCUT2D eigenvalue weighted by Gasteiger charge is 2.30. The predicted octanol–water partition coefficient (Wildman–Crippen LogP) is 5.32. The lowest BCUT2D eigenvalue weighted by molar-refractivity contribution is 0.0934. The first-order chi connectivity index (χ1) is 13.5. The second-order valence-corrected chi connectivity index (χ2v) is 8.34. The van der Waals surface area contributed by atoms with Crippen LogP contribution in [-0.2, 0) is 0 Å². The Balaban J connectivity index is 1.55. The van der Waals surface area contributed by atoms with Crippen molar-refractivity contribution in [3.05, 3.63) is 70.5 Å². The molecule has 0 heterocycles. The van der Waals surface area contributed by atoms with Crippen molar-refractivity contribution >= 4 is 17.5 Å². The molecule has 1 fully saturated rings. The largest absolute Gasteiger partial charge is 0.352 e. The summed E-state index contributed by atoms with van der Waals surface area (Å²) in [6.45, 7) is 0.670. The van der Waals surface area contributed by atoms with E-state index >= 15 is 0 Å². The van der Waals surface area contributed by atoms with Gasteiger partial charge in [0.2, 0.25) is 0 Å². The minimum atomic E-state index is -0.180. The third-order valence-corrected chi connectivity index (χ3v) is 6.08. The van der Waals surface area contributed by atoms with E-state index in [0.717, 1.165) is 31.2 Å². The van der Waals surface area contributed by atoms with E-state index in [1.54, 1.807) is 24.3 Å². The first-order valence-electron chi connectivity index (χ1n) is 9.90. The summed E-state index contributed by atoms with van der Waals surface area (Å²) in [5, 5.41) is 3.51. The summed E-state index contributed by atoms with van der Waals surface area (Å²) in [6, 6.07) is 14.3. The minimum absolute atomic E-state index is 0.112. The van der Waals surface area contributed by atoms with Crippen LogP contribution in [0.25, 0.3) is 0 Å². The van der Waals surface area contributed by atoms with Gasteiger partial charge in [-0.15, -0.1) is 0 Å². The second-order valence-electron chi connectivity index (χ2n) is 7.93. The number of carbonyl (C=O) groups excluding carboxylic acids is 1. The van der Waals surface area contributed by atoms with Crippen LogP contribution < -0.4 is 5.32 Å². The molecule has 28 heavy (non-hydrogen) atoms. The number of rotatable bonds is 6. The summed E-state index contributed by atoms with van der Waals surface area (Å²) in [7, 11) is 4.12. The fourth-order valence-corrected chi connectivity index (χ4v) is 4.59. The summed E-state index contributed by atoms with van der Waals surface area (Å²) in [4.78, 5) is 14.5. The third kappa shape index (κ3) is 5.12. The maximum atomic E-state index is 13.7. The van der Waals surface area contributed by atoms with E-state index in [9.17, 15) is 9.18 Å². The lowest BCUT2D eigenvalue weighted by Crippen LogP contribution is -2.34. The van der Waals surface area contributed by atoms with Crippen LogP contribution in [0.2, 0.25) is 5.02 Å². The van der Waals surface area contributed by atoms with Gasteiger partial charge in [-0.3, -0.25) is 4.79 Å². The van der Waals surface area contributed by atoms with Crippen molar-refractivity contribution in [3.8, 4) is 0 Å². The molecular weight excluding hydrogens is 375 g/mol. The average Bonchev–Trinajstić information content (AvgIpc) is 2.67. The molecule has 0 saturated heterocycles. The van der Waals surface area contributed by atoms with E-state index in [1.165, 1.54) is 6.07 Å². The van der Waals surface area contributed by atoms with Gasteiger partial charge in [-0.05, 0) is 81.4 Å². The van der Waals surface area contributed by atoms with Crippen molar-refractivity contribution in [2.45, 2.75) is 31.7 Å². The molecule has 1 aliphatic rings. The Bertz CT molecular complexity index is 803. The van der Waals surface area contributed by atoms with Crippen LogP contribution in [-0.4, -0.2) is 31.4 Å². The van der Waals surface area contributed by atoms with Crippen LogP contribution in [0.5, 0.6) is 0 Å². The van der Waals surface area contributed by atoms with Gasteiger partial charge in [0, 0.05) is 12.6 Å². The maximum absolute atomic E-state index is 13.7. The van der Waals surface area contributed by atoms with E-state index in [2.05, 4.69) is 24.3 Å². The standard InChI is InChI=1S/C23H28ClFN2O/c1-27(2)22(18-6-5-7-19(25)14-18)17-12-10-16(11-13-17)15-26-23(28)20-8-3-4-9-21(20)24/h3-9,14,16-17,22H,10-13,15H2,1-2H3,(H,26,28). The SMILES string of the molecule is CN(C)C(c1cccc(F)c1)C1CCC(CNC(=O)c2ccccc2Cl)CC1. The smallest absolute Gasteiger partial charge is 0.252 e. The molecule has 5 heteroatoms. The molecule has 1 aliphatic carbocycles. The zero-order chi connectivity index (χ0) is 20.1. The number of carbonyl (C=O) groups is 1. The number of nitrogens with zero attached hydrogens (tertiary/aromatic N) is 1. The molecule has 150 valence electrons. The van der Waals surface area contributed by atoms with E-state index in [-0.39, 0.29) is 17.8 Å². The van der Waals surface area contributed by atoms with Gasteiger partial charge in [0.05, 0.1) is 10.6 Å². The summed E-state index contributed by atoms with van der Waals surface area (Å²) in [5.74, 6) is 0.671. The summed E-state index contributed by atoms with van der Waals surface area (Å²) in [5.41, 5.74) is 1.57. The molecule has 2 aromatic carbocycles. The topological polar surface area (TPSA) is 32.3 Å². The zero-order valence-corrected chi connectivity index (χ0v) is 17.3. The van der Waals surface area contributed by atoms with Crippen LogP contribution in [0, 0.1) is 17.7 Å². The lowest BCUT2D eigenvalue weighted by atomic mass is 9.76. The molecular formula is C23H28ClFN2O. The molecule has 0 aliphatic heterocycles. The summed E-state index contributed by atoms with van der Waals surface area (Å²) in [6.07, 6.45) is 4.28. The maximum Gasteiger partial charge on any atom is 0.252 e. The van der Waals surface area contributed by atoms with Gasteiger partial charge in [0.1, 0.15) is 5.82 Å². The van der Waals surface area contributed by atoms with Gasteiger partial charge in [0.15, 0.2) is 0 Å². The quantitative estimate of drug-likeness (QED) is 0.709. The van der Waals surface area contributed by atoms with Crippen molar-refractivity contribution in [2.75, 3.05) is 20.6 Å². The normalized spacial score (nSPS) is 20.8. The van der Waals surface area contributed by atoms with Crippen LogP contribution in [0.15, 0.2) is 48.5 Å². The molecule has 1 saturated carbocycles. The van der Waals surface area contributed by atoms with Gasteiger partial charge < -0.3 is 10.2 Å². The average molecular weight is 403 g/mol. The highest BCUT2D eigenvalue weighted by Crippen LogP contribution is 2.39. The van der Waals surface area contributed by atoms with Gasteiger partial charge in [-0.2, -0.15) is 0 Å². The van der Waals surface area contributed by atoms with Gasteiger partial charge in [-0.25, -0.2) is 4.39 Å². The van der Waals surface area contributed by atoms with Gasteiger partial charge in [-0.1, -0.05) is 35.9 Å². The van der Waals surface area contributed by atoms with E-state index < -0.39 is 0 Å². The molecule has 1 N–H and O–H groups in total. The number of nitrogens with one attached hydrogen (secondary N) is 1. The van der Waals surface area contributed by atoms with E-state index in [1.807, 2.05) is 18.2 Å². The lowest BCUT2D eigenvalue weighted by Gasteiger charge is -2.37. The predicted molar refractivity (Wildman–Crippen MR) is 112 cm³/mol. The number of amides is 1. The van der Waals surface area contributed by atoms with Crippen molar-refractivity contribution in [2.24, 2.45) is 11.8 Å². The Morgan fingerprint density at radius 2 is 1.86 bits per heavy atom. The van der Waals surface area contributed by atoms with Crippen molar-refractivity contribution < 1.29 is 9.18 Å². The first kappa shape index (κ1) is 20.8. The Morgan fingerprint density at radius 1 is 1.14 bits per heavy atom. The van der Waals surface area contributed by atoms with Crippen LogP contribution in [0.1, 0.15) is 47.6 Å². The molecule has 2 aromatic rings. The van der Waals surface area contributed by atoms with Crippen molar-refractivity contribution in [1.82, 2.24) is 10.2 Å². The number of hydrogen-bond acceptors (Lipinski definition) is 2. The fraction of sp³-hybridized carbons (Fsp3) is 0.435. The zero-order valence-electron chi connectivity index (χ0n) is 16.5. The van der Waals surface area contributed by atoms with Gasteiger partial charge in [0.25, 0.3) is 5.91 Å². The molecule has 1 amide bonds. The monoisotopic (exact) mass is 402 g/mol. The summed E-state index contributed by atoms with van der Waals surface area (Å²) < 4.78 is 13.7. The Hall–Kier alpha value is -1.91. The Morgan fingerprint density at radius 3 is 2.50 bits per heavy atom. The van der Waals surface area contributed by atoms with Crippen LogP contribution in [0.3, 0.4) is 0 Å². The molecule has 0 bridgehead atoms. The first-order valence-corrected chi connectivity index (χ1v) is 10.3. The highest BCUT2D eigenvalue weighted by molar-refractivity contribution is 6.33. The molecule has 0 aromatic heterocycles. The molecule has 3 rings (SSSR count). The minimum Gasteiger partial charge on any atom is -0.352 e. The fourth-order valence-electron chi connectivity index (χ4n) is 4.37. The van der Waals surface area contributed by atoms with Crippen molar-refractivity contribution in [1.29, 1.82) is 0 Å². The second kappa shape index (κ2) is 9.53. The molecule has 0 radical (unpaired) electrons. The Labute approximate surface area is 171 Å².